The molecule has 0 bridgehead atoms. The number of hydrogen-bond donors (Lipinski definition) is 0. The molecule has 5 rings (SSSR count). The fourth-order valence-electron chi connectivity index (χ4n) is 5.80. The van der Waals surface area contributed by atoms with E-state index in [0.717, 1.165) is 11.1 Å². The highest BCUT2D eigenvalue weighted by atomic mass is 19.4. The van der Waals surface area contributed by atoms with Gasteiger partial charge in [-0.3, -0.25) is 14.2 Å². The number of aromatic nitrogens is 2. The number of amides is 1. The second-order valence-corrected chi connectivity index (χ2v) is 10.1. The van der Waals surface area contributed by atoms with Crippen molar-refractivity contribution in [2.75, 3.05) is 6.54 Å². The van der Waals surface area contributed by atoms with Crippen LogP contribution >= 0.6 is 0 Å². The summed E-state index contributed by atoms with van der Waals surface area (Å²) in [5.41, 5.74) is 3.03. The predicted octanol–water partition coefficient (Wildman–Crippen LogP) is 5.44. The predicted molar refractivity (Wildman–Crippen MR) is 134 cm³/mol. The fraction of sp³-hybridized carbons (Fsp3) is 0.414. The van der Waals surface area contributed by atoms with Crippen LogP contribution in [0.3, 0.4) is 0 Å². The van der Waals surface area contributed by atoms with Gasteiger partial charge in [0.05, 0.1) is 24.2 Å². The first-order valence-corrected chi connectivity index (χ1v) is 12.8. The van der Waals surface area contributed by atoms with Crippen molar-refractivity contribution in [3.63, 3.8) is 0 Å². The number of fused-ring (bicyclic) bond motifs is 1. The first-order chi connectivity index (χ1) is 17.7. The molecule has 1 aliphatic carbocycles. The van der Waals surface area contributed by atoms with Gasteiger partial charge in [-0.05, 0) is 50.2 Å². The van der Waals surface area contributed by atoms with E-state index in [2.05, 4.69) is 0 Å². The molecule has 37 heavy (non-hydrogen) atoms. The first-order valence-electron chi connectivity index (χ1n) is 12.8. The topological polar surface area (TPSA) is 55.2 Å². The Kier molecular flexibility index (Phi) is 6.92. The summed E-state index contributed by atoms with van der Waals surface area (Å²) in [4.78, 5) is 33.5. The second kappa shape index (κ2) is 10.1. The number of rotatable bonds is 4. The van der Waals surface area contributed by atoms with Crippen LogP contribution in [-0.4, -0.2) is 33.1 Å². The van der Waals surface area contributed by atoms with Crippen LogP contribution in [0.4, 0.5) is 13.2 Å². The quantitative estimate of drug-likeness (QED) is 0.471. The van der Waals surface area contributed by atoms with E-state index in [9.17, 15) is 22.8 Å². The molecule has 1 saturated carbocycles. The minimum Gasteiger partial charge on any atom is -0.336 e. The third-order valence-electron chi connectivity index (χ3n) is 7.78. The number of aryl methyl sites for hydroxylation is 1. The third-order valence-corrected chi connectivity index (χ3v) is 7.78. The third kappa shape index (κ3) is 5.06. The summed E-state index contributed by atoms with van der Waals surface area (Å²) >= 11 is 0. The molecule has 3 aromatic rings. The monoisotopic (exact) mass is 509 g/mol. The van der Waals surface area contributed by atoms with Crippen LogP contribution in [0, 0.1) is 18.8 Å². The van der Waals surface area contributed by atoms with Crippen molar-refractivity contribution < 1.29 is 18.0 Å². The molecule has 0 radical (unpaired) electrons. The van der Waals surface area contributed by atoms with E-state index in [1.165, 1.54) is 0 Å². The lowest BCUT2D eigenvalue weighted by molar-refractivity contribution is -0.185. The van der Waals surface area contributed by atoms with Gasteiger partial charge in [0, 0.05) is 18.0 Å². The molecule has 1 fully saturated rings. The maximum absolute atomic E-state index is 13.8. The summed E-state index contributed by atoms with van der Waals surface area (Å²) < 4.78 is 40.8. The molecule has 5 nitrogen and oxygen atoms in total. The van der Waals surface area contributed by atoms with Crippen molar-refractivity contribution in [3.8, 4) is 0 Å². The van der Waals surface area contributed by atoms with Crippen molar-refractivity contribution >= 4 is 5.91 Å². The van der Waals surface area contributed by atoms with E-state index in [4.69, 9.17) is 4.98 Å². The van der Waals surface area contributed by atoms with Gasteiger partial charge in [0.1, 0.15) is 5.82 Å². The molecular formula is C29H30F3N3O2. The van der Waals surface area contributed by atoms with Gasteiger partial charge >= 0.3 is 6.18 Å². The number of hydrogen-bond acceptors (Lipinski definition) is 3. The highest BCUT2D eigenvalue weighted by molar-refractivity contribution is 5.79. The summed E-state index contributed by atoms with van der Waals surface area (Å²) in [5, 5.41) is 0. The van der Waals surface area contributed by atoms with E-state index in [0.29, 0.717) is 30.0 Å². The Morgan fingerprint density at radius 2 is 1.51 bits per heavy atom. The summed E-state index contributed by atoms with van der Waals surface area (Å²) in [7, 11) is 0. The smallest absolute Gasteiger partial charge is 0.336 e. The Hall–Kier alpha value is -3.42. The lowest BCUT2D eigenvalue weighted by atomic mass is 9.81. The average molecular weight is 510 g/mol. The van der Waals surface area contributed by atoms with Crippen molar-refractivity contribution in [1.82, 2.24) is 14.5 Å². The standard InChI is InChI=1S/C29H30F3N3O2/c1-19-33-25-18-34(27(36)22-12-14-23(15-13-22)29(30,31)32)17-16-24(25)28(37)35(19)26(20-8-4-2-5-9-20)21-10-6-3-7-11-21/h2-11,22-23,26H,12-18H2,1H3/t22-,23-. The minimum absolute atomic E-state index is 0.00718. The van der Waals surface area contributed by atoms with Crippen LogP contribution in [-0.2, 0) is 17.8 Å². The number of carbonyl (C=O) groups is 1. The van der Waals surface area contributed by atoms with Gasteiger partial charge < -0.3 is 4.90 Å². The highest BCUT2D eigenvalue weighted by Crippen LogP contribution is 2.40. The Labute approximate surface area is 214 Å². The summed E-state index contributed by atoms with van der Waals surface area (Å²) in [6, 6.07) is 19.3. The van der Waals surface area contributed by atoms with Gasteiger partial charge in [-0.15, -0.1) is 0 Å². The van der Waals surface area contributed by atoms with Gasteiger partial charge in [0.25, 0.3) is 5.56 Å². The van der Waals surface area contributed by atoms with Crippen LogP contribution in [0.1, 0.15) is 59.9 Å². The molecule has 0 unspecified atom stereocenters. The van der Waals surface area contributed by atoms with Crippen molar-refractivity contribution in [2.24, 2.45) is 11.8 Å². The van der Waals surface area contributed by atoms with Gasteiger partial charge in [-0.25, -0.2) is 4.98 Å². The van der Waals surface area contributed by atoms with Crippen LogP contribution in [0.2, 0.25) is 0 Å². The molecule has 8 heteroatoms. The molecule has 0 saturated heterocycles. The van der Waals surface area contributed by atoms with E-state index >= 15 is 0 Å². The van der Waals surface area contributed by atoms with E-state index in [-0.39, 0.29) is 49.7 Å². The van der Waals surface area contributed by atoms with Crippen LogP contribution in [0.25, 0.3) is 0 Å². The molecule has 1 aliphatic heterocycles. The zero-order valence-electron chi connectivity index (χ0n) is 20.7. The summed E-state index contributed by atoms with van der Waals surface area (Å²) in [6.45, 7) is 2.39. The molecular weight excluding hydrogens is 479 g/mol. The molecule has 0 spiro atoms. The molecule has 2 heterocycles. The van der Waals surface area contributed by atoms with Gasteiger partial charge in [0.2, 0.25) is 5.91 Å². The lowest BCUT2D eigenvalue weighted by Crippen LogP contribution is -2.45. The molecule has 194 valence electrons. The van der Waals surface area contributed by atoms with E-state index < -0.39 is 18.0 Å². The van der Waals surface area contributed by atoms with Gasteiger partial charge in [-0.1, -0.05) is 60.7 Å². The zero-order valence-corrected chi connectivity index (χ0v) is 20.7. The summed E-state index contributed by atoms with van der Waals surface area (Å²) in [6.07, 6.45) is -3.34. The largest absolute Gasteiger partial charge is 0.391 e. The second-order valence-electron chi connectivity index (χ2n) is 10.1. The molecule has 1 aromatic heterocycles. The minimum atomic E-state index is -4.20. The SMILES string of the molecule is Cc1nc2c(c(=O)n1C(c1ccccc1)c1ccccc1)CCN(C(=O)[C@H]1CC[C@H](C(F)(F)F)CC1)C2. The molecule has 2 aliphatic rings. The van der Waals surface area contributed by atoms with Gasteiger partial charge in [-0.2, -0.15) is 13.2 Å². The maximum atomic E-state index is 13.8. The Bertz CT molecular complexity index is 1270. The Morgan fingerprint density at radius 1 is 0.946 bits per heavy atom. The maximum Gasteiger partial charge on any atom is 0.391 e. The number of carbonyl (C=O) groups excluding carboxylic acids is 1. The zero-order chi connectivity index (χ0) is 26.2. The van der Waals surface area contributed by atoms with Crippen molar-refractivity contribution in [3.05, 3.63) is 99.2 Å². The number of nitrogens with zero attached hydrogens (tertiary/aromatic N) is 3. The van der Waals surface area contributed by atoms with Crippen LogP contribution in [0.15, 0.2) is 65.5 Å². The molecule has 1 amide bonds. The van der Waals surface area contributed by atoms with Crippen LogP contribution in [0.5, 0.6) is 0 Å². The van der Waals surface area contributed by atoms with Crippen LogP contribution < -0.4 is 5.56 Å². The Balaban J connectivity index is 1.41. The van der Waals surface area contributed by atoms with Gasteiger partial charge in [0.15, 0.2) is 0 Å². The number of benzene rings is 2. The number of halogens is 3. The normalized spacial score (nSPS) is 20.1. The number of alkyl halides is 3. The van der Waals surface area contributed by atoms with Crippen molar-refractivity contribution in [2.45, 2.75) is 57.8 Å². The lowest BCUT2D eigenvalue weighted by Gasteiger charge is -2.35. The fourth-order valence-corrected chi connectivity index (χ4v) is 5.80. The Morgan fingerprint density at radius 3 is 2.05 bits per heavy atom. The molecule has 0 atom stereocenters. The van der Waals surface area contributed by atoms with Crippen molar-refractivity contribution in [1.29, 1.82) is 0 Å². The van der Waals surface area contributed by atoms with E-state index in [1.54, 1.807) is 16.4 Å². The highest BCUT2D eigenvalue weighted by Gasteiger charge is 2.43. The first kappa shape index (κ1) is 25.2. The summed E-state index contributed by atoms with van der Waals surface area (Å²) in [5.74, 6) is -1.28. The molecule has 2 aromatic carbocycles. The molecule has 0 N–H and O–H groups in total. The van der Waals surface area contributed by atoms with E-state index in [1.807, 2.05) is 60.7 Å². The average Bonchev–Trinajstić information content (AvgIpc) is 2.91.